The number of nitrogens with zero attached hydrogens (tertiary/aromatic N) is 2. The minimum atomic E-state index is -0.468. The van der Waals surface area contributed by atoms with Gasteiger partial charge in [0.15, 0.2) is 5.69 Å². The number of anilines is 1. The summed E-state index contributed by atoms with van der Waals surface area (Å²) in [5, 5.41) is 3.06. The lowest BCUT2D eigenvalue weighted by Gasteiger charge is -2.16. The smallest absolute Gasteiger partial charge is 0.360 e. The molecule has 96 valence electrons. The fourth-order valence-corrected chi connectivity index (χ4v) is 1.44. The van der Waals surface area contributed by atoms with Crippen molar-refractivity contribution in [2.24, 2.45) is 0 Å². The molecule has 1 aromatic heterocycles. The van der Waals surface area contributed by atoms with Crippen molar-refractivity contribution in [3.63, 3.8) is 0 Å². The van der Waals surface area contributed by atoms with Crippen molar-refractivity contribution in [1.29, 1.82) is 0 Å². The molecule has 0 aliphatic heterocycles. The van der Waals surface area contributed by atoms with E-state index in [2.05, 4.69) is 10.3 Å². The Kier molecular flexibility index (Phi) is 4.96. The number of ether oxygens (including phenoxy) is 1. The Hall–Kier alpha value is -1.56. The van der Waals surface area contributed by atoms with Crippen LogP contribution >= 0.6 is 0 Å². The third-order valence-corrected chi connectivity index (χ3v) is 2.00. The topological polar surface area (TPSA) is 67.6 Å². The minimum absolute atomic E-state index is 0.179. The fraction of sp³-hybridized carbons (Fsp3) is 0.636. The van der Waals surface area contributed by atoms with Gasteiger partial charge >= 0.3 is 5.97 Å². The molecule has 0 fully saturated rings. The Labute approximate surface area is 101 Å². The minimum Gasteiger partial charge on any atom is -0.461 e. The van der Waals surface area contributed by atoms with Crippen LogP contribution in [-0.4, -0.2) is 49.1 Å². The Morgan fingerprint density at radius 2 is 2.35 bits per heavy atom. The number of likely N-dealkylation sites (N-methyl/N-ethyl adjacent to an activating group) is 1. The van der Waals surface area contributed by atoms with E-state index in [1.165, 1.54) is 6.26 Å². The molecule has 1 aromatic rings. The number of carbonyl (C=O) groups is 1. The predicted octanol–water partition coefficient (Wildman–Crippen LogP) is 1.21. The van der Waals surface area contributed by atoms with Gasteiger partial charge in [-0.25, -0.2) is 4.79 Å². The lowest BCUT2D eigenvalue weighted by atomic mass is 10.3. The van der Waals surface area contributed by atoms with Crippen LogP contribution < -0.4 is 5.32 Å². The van der Waals surface area contributed by atoms with Gasteiger partial charge in [0, 0.05) is 12.6 Å². The maximum absolute atomic E-state index is 11.3. The van der Waals surface area contributed by atoms with Crippen LogP contribution in [0.5, 0.6) is 0 Å². The molecule has 6 heteroatoms. The Balaban J connectivity index is 2.53. The van der Waals surface area contributed by atoms with Gasteiger partial charge in [0.05, 0.1) is 6.61 Å². The average molecular weight is 241 g/mol. The number of hydrogen-bond acceptors (Lipinski definition) is 6. The van der Waals surface area contributed by atoms with Gasteiger partial charge < -0.3 is 19.4 Å². The molecule has 0 aromatic carbocycles. The first-order valence-corrected chi connectivity index (χ1v) is 5.56. The summed E-state index contributed by atoms with van der Waals surface area (Å²) in [5.74, 6) is -0.468. The van der Waals surface area contributed by atoms with Crippen LogP contribution in [0.3, 0.4) is 0 Å². The lowest BCUT2D eigenvalue weighted by Crippen LogP contribution is -2.29. The fourth-order valence-electron chi connectivity index (χ4n) is 1.44. The van der Waals surface area contributed by atoms with E-state index in [0.29, 0.717) is 12.6 Å². The van der Waals surface area contributed by atoms with Crippen molar-refractivity contribution in [3.05, 3.63) is 12.0 Å². The van der Waals surface area contributed by atoms with Crippen molar-refractivity contribution >= 4 is 12.0 Å². The Bertz CT molecular complexity index is 363. The second kappa shape index (κ2) is 6.24. The summed E-state index contributed by atoms with van der Waals surface area (Å²) >= 11 is 0. The van der Waals surface area contributed by atoms with Crippen LogP contribution in [0, 0.1) is 0 Å². The zero-order valence-corrected chi connectivity index (χ0v) is 10.7. The monoisotopic (exact) mass is 241 g/mol. The molecule has 1 rings (SSSR count). The van der Waals surface area contributed by atoms with Crippen LogP contribution in [0.2, 0.25) is 0 Å². The summed E-state index contributed by atoms with van der Waals surface area (Å²) in [7, 11) is 3.97. The van der Waals surface area contributed by atoms with E-state index in [9.17, 15) is 4.79 Å². The van der Waals surface area contributed by atoms with Crippen molar-refractivity contribution in [3.8, 4) is 0 Å². The van der Waals surface area contributed by atoms with Gasteiger partial charge in [-0.15, -0.1) is 0 Å². The highest BCUT2D eigenvalue weighted by atomic mass is 16.5. The van der Waals surface area contributed by atoms with Crippen LogP contribution in [0.4, 0.5) is 6.01 Å². The largest absolute Gasteiger partial charge is 0.461 e. The summed E-state index contributed by atoms with van der Waals surface area (Å²) in [5.41, 5.74) is 0.186. The number of rotatable bonds is 6. The highest BCUT2D eigenvalue weighted by Gasteiger charge is 2.14. The van der Waals surface area contributed by atoms with E-state index in [1.54, 1.807) is 6.92 Å². The first-order valence-electron chi connectivity index (χ1n) is 5.56. The third kappa shape index (κ3) is 4.44. The normalized spacial score (nSPS) is 12.5. The molecule has 0 saturated heterocycles. The van der Waals surface area contributed by atoms with E-state index in [1.807, 2.05) is 25.9 Å². The van der Waals surface area contributed by atoms with Crippen molar-refractivity contribution < 1.29 is 13.9 Å². The van der Waals surface area contributed by atoms with E-state index in [4.69, 9.17) is 9.15 Å². The van der Waals surface area contributed by atoms with E-state index in [-0.39, 0.29) is 11.7 Å². The molecule has 0 spiro atoms. The van der Waals surface area contributed by atoms with Gasteiger partial charge in [0.2, 0.25) is 0 Å². The van der Waals surface area contributed by atoms with E-state index in [0.717, 1.165) is 6.54 Å². The summed E-state index contributed by atoms with van der Waals surface area (Å²) in [6.07, 6.45) is 1.29. The first-order chi connectivity index (χ1) is 8.02. The lowest BCUT2D eigenvalue weighted by molar-refractivity contribution is 0.0519. The molecule has 0 aliphatic carbocycles. The summed E-state index contributed by atoms with van der Waals surface area (Å²) in [6.45, 7) is 4.92. The number of hydrogen-bond donors (Lipinski definition) is 1. The van der Waals surface area contributed by atoms with Gasteiger partial charge in [-0.2, -0.15) is 4.98 Å². The van der Waals surface area contributed by atoms with Gasteiger partial charge in [0.25, 0.3) is 6.01 Å². The third-order valence-electron chi connectivity index (χ3n) is 2.00. The Morgan fingerprint density at radius 1 is 1.65 bits per heavy atom. The molecular formula is C11H19N3O3. The number of carbonyl (C=O) groups excluding carboxylic acids is 1. The second-order valence-corrected chi connectivity index (χ2v) is 4.07. The van der Waals surface area contributed by atoms with Crippen molar-refractivity contribution in [2.45, 2.75) is 19.9 Å². The summed E-state index contributed by atoms with van der Waals surface area (Å²) in [6, 6.07) is 0.515. The van der Waals surface area contributed by atoms with Gasteiger partial charge in [-0.05, 0) is 27.9 Å². The number of oxazole rings is 1. The highest BCUT2D eigenvalue weighted by Crippen LogP contribution is 2.10. The zero-order valence-electron chi connectivity index (χ0n) is 10.7. The average Bonchev–Trinajstić information content (AvgIpc) is 2.65. The first kappa shape index (κ1) is 13.5. The van der Waals surface area contributed by atoms with Crippen LogP contribution in [0.25, 0.3) is 0 Å². The highest BCUT2D eigenvalue weighted by molar-refractivity contribution is 5.87. The zero-order chi connectivity index (χ0) is 12.8. The molecule has 0 saturated carbocycles. The van der Waals surface area contributed by atoms with Crippen LogP contribution in [0.1, 0.15) is 24.3 Å². The molecule has 1 heterocycles. The molecule has 0 bridgehead atoms. The molecule has 0 amide bonds. The van der Waals surface area contributed by atoms with Gasteiger partial charge in [-0.3, -0.25) is 0 Å². The quantitative estimate of drug-likeness (QED) is 0.755. The molecule has 1 unspecified atom stereocenters. The van der Waals surface area contributed by atoms with E-state index < -0.39 is 5.97 Å². The maximum Gasteiger partial charge on any atom is 0.360 e. The van der Waals surface area contributed by atoms with Gasteiger partial charge in [0.1, 0.15) is 6.26 Å². The predicted molar refractivity (Wildman–Crippen MR) is 64.1 cm³/mol. The number of aromatic nitrogens is 1. The van der Waals surface area contributed by atoms with Crippen LogP contribution in [-0.2, 0) is 4.74 Å². The molecule has 0 aliphatic rings. The molecular weight excluding hydrogens is 222 g/mol. The Morgan fingerprint density at radius 3 is 2.94 bits per heavy atom. The molecule has 1 atom stereocenters. The SMILES string of the molecule is CCOC(=O)c1coc(NC(C)CN(C)C)n1. The molecule has 0 radical (unpaired) electrons. The summed E-state index contributed by atoms with van der Waals surface area (Å²) < 4.78 is 9.96. The number of esters is 1. The molecule has 6 nitrogen and oxygen atoms in total. The van der Waals surface area contributed by atoms with E-state index >= 15 is 0 Å². The molecule has 17 heavy (non-hydrogen) atoms. The second-order valence-electron chi connectivity index (χ2n) is 4.07. The number of nitrogens with one attached hydrogen (secondary N) is 1. The van der Waals surface area contributed by atoms with Gasteiger partial charge in [-0.1, -0.05) is 0 Å². The van der Waals surface area contributed by atoms with Crippen molar-refractivity contribution in [1.82, 2.24) is 9.88 Å². The summed E-state index contributed by atoms with van der Waals surface area (Å²) in [4.78, 5) is 17.4. The van der Waals surface area contributed by atoms with Crippen LogP contribution in [0.15, 0.2) is 10.7 Å². The van der Waals surface area contributed by atoms with Crippen molar-refractivity contribution in [2.75, 3.05) is 32.6 Å². The molecule has 1 N–H and O–H groups in total. The standard InChI is InChI=1S/C11H19N3O3/c1-5-16-10(15)9-7-17-11(13-9)12-8(2)6-14(3)4/h7-8H,5-6H2,1-4H3,(H,12,13). The maximum atomic E-state index is 11.3.